The second-order valence-electron chi connectivity index (χ2n) is 10.7. The van der Waals surface area contributed by atoms with Crippen molar-refractivity contribution < 1.29 is 14.4 Å². The lowest BCUT2D eigenvalue weighted by Gasteiger charge is -2.18. The van der Waals surface area contributed by atoms with E-state index in [1.807, 2.05) is 127 Å². The minimum absolute atomic E-state index is 0.0970. The number of rotatable bonds is 10. The Morgan fingerprint density at radius 2 is 1.26 bits per heavy atom. The van der Waals surface area contributed by atoms with Gasteiger partial charge >= 0.3 is 0 Å². The zero-order valence-electron chi connectivity index (χ0n) is 25.3. The Balaban J connectivity index is 1.23. The van der Waals surface area contributed by atoms with Gasteiger partial charge in [-0.1, -0.05) is 121 Å². The van der Waals surface area contributed by atoms with E-state index in [-0.39, 0.29) is 11.6 Å². The molecule has 0 aliphatic carbocycles. The molecule has 6 aromatic rings. The maximum absolute atomic E-state index is 13.9. The number of carbonyl (C=O) groups excluding carboxylic acids is 3. The van der Waals surface area contributed by atoms with Crippen LogP contribution in [0.4, 0.5) is 11.4 Å². The highest BCUT2D eigenvalue weighted by Gasteiger charge is 2.23. The first-order chi connectivity index (χ1) is 23.0. The molecule has 6 aromatic carbocycles. The van der Waals surface area contributed by atoms with Gasteiger partial charge in [0.05, 0.1) is 0 Å². The van der Waals surface area contributed by atoms with Gasteiger partial charge in [-0.3, -0.25) is 14.4 Å². The summed E-state index contributed by atoms with van der Waals surface area (Å²) in [6.45, 7) is 0. The predicted octanol–water partition coefficient (Wildman–Crippen LogP) is 8.72. The molecule has 0 aliphatic rings. The Hall–Kier alpha value is -5.92. The molecular formula is C40H31N3O3S. The average molecular weight is 634 g/mol. The van der Waals surface area contributed by atoms with Crippen molar-refractivity contribution in [3.8, 4) is 0 Å². The highest BCUT2D eigenvalue weighted by atomic mass is 32.2. The summed E-state index contributed by atoms with van der Waals surface area (Å²) in [5.74, 6) is -1.03. The van der Waals surface area contributed by atoms with E-state index in [1.165, 1.54) is 11.8 Å². The molecular weight excluding hydrogens is 603 g/mol. The average Bonchev–Trinajstić information content (AvgIpc) is 3.12. The molecule has 0 radical (unpaired) electrons. The predicted molar refractivity (Wildman–Crippen MR) is 191 cm³/mol. The van der Waals surface area contributed by atoms with E-state index in [0.717, 1.165) is 32.5 Å². The van der Waals surface area contributed by atoms with Crippen molar-refractivity contribution >= 4 is 57.7 Å². The Bertz CT molecular complexity index is 2040. The highest BCUT2D eigenvalue weighted by Crippen LogP contribution is 2.38. The number of hydrogen-bond acceptors (Lipinski definition) is 4. The van der Waals surface area contributed by atoms with Crippen molar-refractivity contribution in [2.45, 2.75) is 10.1 Å². The van der Waals surface area contributed by atoms with Crippen molar-refractivity contribution in [2.75, 3.05) is 10.6 Å². The van der Waals surface area contributed by atoms with Crippen LogP contribution in [0.5, 0.6) is 0 Å². The van der Waals surface area contributed by atoms with Crippen LogP contribution in [0.1, 0.15) is 26.7 Å². The van der Waals surface area contributed by atoms with Gasteiger partial charge < -0.3 is 16.0 Å². The molecule has 0 fully saturated rings. The van der Waals surface area contributed by atoms with Crippen molar-refractivity contribution in [1.82, 2.24) is 5.32 Å². The molecule has 3 amide bonds. The Kier molecular flexibility index (Phi) is 9.86. The molecule has 0 saturated carbocycles. The third-order valence-corrected chi connectivity index (χ3v) is 8.62. The summed E-state index contributed by atoms with van der Waals surface area (Å²) in [4.78, 5) is 41.2. The van der Waals surface area contributed by atoms with Gasteiger partial charge in [0.25, 0.3) is 11.8 Å². The number of carbonyl (C=O) groups is 3. The fourth-order valence-electron chi connectivity index (χ4n) is 5.07. The normalized spacial score (nSPS) is 11.8. The summed E-state index contributed by atoms with van der Waals surface area (Å²) in [7, 11) is 0. The van der Waals surface area contributed by atoms with Gasteiger partial charge in [-0.2, -0.15) is 0 Å². The molecule has 0 aromatic heterocycles. The number of fused-ring (bicyclic) bond motifs is 1. The summed E-state index contributed by atoms with van der Waals surface area (Å²) < 4.78 is 0. The lowest BCUT2D eigenvalue weighted by molar-refractivity contribution is -0.116. The molecule has 3 N–H and O–H groups in total. The number of hydrogen-bond donors (Lipinski definition) is 3. The van der Waals surface area contributed by atoms with Crippen LogP contribution in [0.15, 0.2) is 168 Å². The lowest BCUT2D eigenvalue weighted by Crippen LogP contribution is -2.30. The first-order valence-corrected chi connectivity index (χ1v) is 16.0. The summed E-state index contributed by atoms with van der Waals surface area (Å²) in [6.07, 6.45) is 1.64. The van der Waals surface area contributed by atoms with Crippen LogP contribution in [-0.4, -0.2) is 17.7 Å². The van der Waals surface area contributed by atoms with Gasteiger partial charge in [0.15, 0.2) is 0 Å². The molecule has 0 aliphatic heterocycles. The lowest BCUT2D eigenvalue weighted by atomic mass is 10.1. The number of nitrogens with one attached hydrogen (secondary N) is 3. The number of thioether (sulfide) groups is 1. The third kappa shape index (κ3) is 8.03. The third-order valence-electron chi connectivity index (χ3n) is 7.37. The van der Waals surface area contributed by atoms with E-state index >= 15 is 0 Å². The van der Waals surface area contributed by atoms with Gasteiger partial charge in [0.2, 0.25) is 5.91 Å². The molecule has 0 spiro atoms. The largest absolute Gasteiger partial charge is 0.324 e. The minimum atomic E-state index is -0.570. The van der Waals surface area contributed by atoms with Crippen molar-refractivity contribution in [2.24, 2.45) is 0 Å². The Morgan fingerprint density at radius 1 is 0.617 bits per heavy atom. The van der Waals surface area contributed by atoms with E-state index in [4.69, 9.17) is 0 Å². The molecule has 6 nitrogen and oxygen atoms in total. The molecule has 230 valence electrons. The number of benzene rings is 6. The molecule has 0 heterocycles. The smallest absolute Gasteiger partial charge is 0.272 e. The summed E-state index contributed by atoms with van der Waals surface area (Å²) in [5, 5.41) is 10.3. The monoisotopic (exact) mass is 633 g/mol. The minimum Gasteiger partial charge on any atom is -0.324 e. The number of amides is 3. The van der Waals surface area contributed by atoms with Gasteiger partial charge in [0.1, 0.15) is 10.9 Å². The SMILES string of the molecule is O=C(Nc1cccc(SC(C(=O)Nc2cccc3ccccc23)c2ccccc2)c1)/C(=C/c1ccccc1)NC(=O)c1ccccc1. The van der Waals surface area contributed by atoms with Crippen molar-refractivity contribution in [1.29, 1.82) is 0 Å². The van der Waals surface area contributed by atoms with Crippen molar-refractivity contribution in [3.05, 3.63) is 180 Å². The Morgan fingerprint density at radius 3 is 2.02 bits per heavy atom. The quantitative estimate of drug-likeness (QED) is 0.104. The van der Waals surface area contributed by atoms with E-state index in [2.05, 4.69) is 16.0 Å². The summed E-state index contributed by atoms with van der Waals surface area (Å²) in [6, 6.07) is 48.8. The molecule has 0 bridgehead atoms. The molecule has 6 rings (SSSR count). The molecule has 47 heavy (non-hydrogen) atoms. The van der Waals surface area contributed by atoms with Crippen LogP contribution in [0.3, 0.4) is 0 Å². The molecule has 0 saturated heterocycles. The van der Waals surface area contributed by atoms with Crippen LogP contribution < -0.4 is 16.0 Å². The molecule has 1 unspecified atom stereocenters. The van der Waals surface area contributed by atoms with Crippen LogP contribution in [-0.2, 0) is 9.59 Å². The van der Waals surface area contributed by atoms with E-state index < -0.39 is 17.1 Å². The fourth-order valence-corrected chi connectivity index (χ4v) is 6.16. The highest BCUT2D eigenvalue weighted by molar-refractivity contribution is 8.00. The topological polar surface area (TPSA) is 87.3 Å². The van der Waals surface area contributed by atoms with E-state index in [0.29, 0.717) is 11.3 Å². The van der Waals surface area contributed by atoms with Crippen LogP contribution in [0.25, 0.3) is 16.8 Å². The Labute approximate surface area is 277 Å². The van der Waals surface area contributed by atoms with E-state index in [1.54, 1.807) is 36.4 Å². The van der Waals surface area contributed by atoms with Crippen molar-refractivity contribution in [3.63, 3.8) is 0 Å². The van der Waals surface area contributed by atoms with Crippen LogP contribution in [0.2, 0.25) is 0 Å². The first-order valence-electron chi connectivity index (χ1n) is 15.1. The maximum Gasteiger partial charge on any atom is 0.272 e. The zero-order valence-corrected chi connectivity index (χ0v) is 26.1. The number of anilines is 2. The van der Waals surface area contributed by atoms with Gasteiger partial charge in [-0.25, -0.2) is 0 Å². The summed E-state index contributed by atoms with van der Waals surface area (Å²) >= 11 is 1.39. The first kappa shape index (κ1) is 31.1. The zero-order chi connectivity index (χ0) is 32.4. The van der Waals surface area contributed by atoms with Gasteiger partial charge in [-0.05, 0) is 59.0 Å². The van der Waals surface area contributed by atoms with Crippen LogP contribution >= 0.6 is 11.8 Å². The van der Waals surface area contributed by atoms with Gasteiger partial charge in [0, 0.05) is 27.2 Å². The fraction of sp³-hybridized carbons (Fsp3) is 0.0250. The standard InChI is InChI=1S/C40H31N3O3S/c44-38(31-19-8-3-9-20-31)43-36(26-28-14-4-1-5-15-28)39(45)41-32-22-13-23-33(27-32)47-37(30-17-6-2-7-18-30)40(46)42-35-25-12-21-29-16-10-11-24-34(29)35/h1-27,37H,(H,41,45)(H,42,46)(H,43,44)/b36-26-. The molecule has 1 atom stereocenters. The summed E-state index contributed by atoms with van der Waals surface area (Å²) in [5.41, 5.74) is 3.41. The second-order valence-corrected chi connectivity index (χ2v) is 11.9. The van der Waals surface area contributed by atoms with Crippen LogP contribution in [0, 0.1) is 0 Å². The maximum atomic E-state index is 13.9. The van der Waals surface area contributed by atoms with Gasteiger partial charge in [-0.15, -0.1) is 11.8 Å². The second kappa shape index (κ2) is 14.9. The molecule has 7 heteroatoms. The van der Waals surface area contributed by atoms with E-state index in [9.17, 15) is 14.4 Å².